The predicted octanol–water partition coefficient (Wildman–Crippen LogP) is 5.36. The van der Waals surface area contributed by atoms with E-state index in [4.69, 9.17) is 11.6 Å². The third-order valence-corrected chi connectivity index (χ3v) is 5.81. The summed E-state index contributed by atoms with van der Waals surface area (Å²) in [5.41, 5.74) is 4.01. The number of hydrogen-bond acceptors (Lipinski definition) is 2. The lowest BCUT2D eigenvalue weighted by Gasteiger charge is -2.31. The maximum atomic E-state index is 13.6. The minimum Gasteiger partial charge on any atom is -0.354 e. The van der Waals surface area contributed by atoms with Gasteiger partial charge in [-0.3, -0.25) is 9.59 Å². The van der Waals surface area contributed by atoms with E-state index < -0.39 is 6.04 Å². The highest BCUT2D eigenvalue weighted by molar-refractivity contribution is 6.30. The molecule has 1 N–H and O–H groups in total. The Bertz CT molecular complexity index is 1030. The van der Waals surface area contributed by atoms with Gasteiger partial charge in [-0.05, 0) is 42.2 Å². The van der Waals surface area contributed by atoms with Crippen LogP contribution in [0.5, 0.6) is 0 Å². The second-order valence-corrected chi connectivity index (χ2v) is 8.74. The van der Waals surface area contributed by atoms with Crippen LogP contribution in [0.1, 0.15) is 35.6 Å². The van der Waals surface area contributed by atoms with Crippen LogP contribution in [0.25, 0.3) is 0 Å². The van der Waals surface area contributed by atoms with Crippen molar-refractivity contribution in [2.45, 2.75) is 45.7 Å². The van der Waals surface area contributed by atoms with Crippen molar-refractivity contribution in [3.63, 3.8) is 0 Å². The van der Waals surface area contributed by atoms with Gasteiger partial charge in [0.15, 0.2) is 0 Å². The van der Waals surface area contributed by atoms with Crippen LogP contribution in [-0.4, -0.2) is 29.3 Å². The van der Waals surface area contributed by atoms with Gasteiger partial charge >= 0.3 is 0 Å². The Morgan fingerprint density at radius 2 is 1.52 bits per heavy atom. The normalized spacial score (nSPS) is 11.6. The molecule has 3 aromatic carbocycles. The third-order valence-electron chi connectivity index (χ3n) is 5.56. The van der Waals surface area contributed by atoms with Gasteiger partial charge in [0.2, 0.25) is 11.8 Å². The van der Waals surface area contributed by atoms with Crippen molar-refractivity contribution in [2.24, 2.45) is 0 Å². The molecule has 0 aliphatic carbocycles. The Morgan fingerprint density at radius 3 is 2.15 bits per heavy atom. The maximum absolute atomic E-state index is 13.6. The minimum absolute atomic E-state index is 0.0821. The predicted molar refractivity (Wildman–Crippen MR) is 134 cm³/mol. The molecule has 0 radical (unpaired) electrons. The SMILES string of the molecule is CCCNC(=O)[C@H](Cc1ccccc1)N(Cc1ccc(Cl)cc1)C(=O)Cc1ccc(C)cc1. The van der Waals surface area contributed by atoms with Gasteiger partial charge in [0, 0.05) is 24.5 Å². The van der Waals surface area contributed by atoms with Gasteiger partial charge in [-0.1, -0.05) is 90.8 Å². The summed E-state index contributed by atoms with van der Waals surface area (Å²) in [5, 5.41) is 3.64. The zero-order valence-corrected chi connectivity index (χ0v) is 20.0. The molecule has 0 heterocycles. The van der Waals surface area contributed by atoms with Crippen molar-refractivity contribution < 1.29 is 9.59 Å². The van der Waals surface area contributed by atoms with Gasteiger partial charge in [-0.25, -0.2) is 0 Å². The van der Waals surface area contributed by atoms with Crippen molar-refractivity contribution >= 4 is 23.4 Å². The van der Waals surface area contributed by atoms with Gasteiger partial charge in [-0.2, -0.15) is 0 Å². The molecule has 3 rings (SSSR count). The highest BCUT2D eigenvalue weighted by atomic mass is 35.5. The highest BCUT2D eigenvalue weighted by Gasteiger charge is 2.30. The number of carbonyl (C=O) groups is 2. The summed E-state index contributed by atoms with van der Waals surface area (Å²) in [6.07, 6.45) is 1.52. The number of hydrogen-bond donors (Lipinski definition) is 1. The first-order valence-electron chi connectivity index (χ1n) is 11.4. The van der Waals surface area contributed by atoms with Crippen molar-refractivity contribution in [2.75, 3.05) is 6.54 Å². The van der Waals surface area contributed by atoms with Crippen molar-refractivity contribution in [1.82, 2.24) is 10.2 Å². The van der Waals surface area contributed by atoms with Crippen LogP contribution < -0.4 is 5.32 Å². The Morgan fingerprint density at radius 1 is 0.879 bits per heavy atom. The molecule has 0 bridgehead atoms. The fourth-order valence-corrected chi connectivity index (χ4v) is 3.81. The number of nitrogens with one attached hydrogen (secondary N) is 1. The van der Waals surface area contributed by atoms with E-state index in [1.54, 1.807) is 4.90 Å². The number of nitrogens with zero attached hydrogens (tertiary/aromatic N) is 1. The summed E-state index contributed by atoms with van der Waals surface area (Å²) < 4.78 is 0. The Kier molecular flexibility index (Phi) is 9.08. The lowest BCUT2D eigenvalue weighted by Crippen LogP contribution is -2.51. The fourth-order valence-electron chi connectivity index (χ4n) is 3.69. The smallest absolute Gasteiger partial charge is 0.243 e. The summed E-state index contributed by atoms with van der Waals surface area (Å²) in [7, 11) is 0. The lowest BCUT2D eigenvalue weighted by atomic mass is 10.0. The van der Waals surface area contributed by atoms with E-state index in [1.807, 2.05) is 92.7 Å². The standard InChI is InChI=1S/C28H31ClN2O2/c1-3-17-30-28(33)26(18-22-7-5-4-6-8-22)31(20-24-13-15-25(29)16-14-24)27(32)19-23-11-9-21(2)10-12-23/h4-16,26H,3,17-20H2,1-2H3,(H,30,33)/t26-/m0/s1. The van der Waals surface area contributed by atoms with E-state index >= 15 is 0 Å². The van der Waals surface area contributed by atoms with Gasteiger partial charge in [0.1, 0.15) is 6.04 Å². The van der Waals surface area contributed by atoms with Gasteiger partial charge in [0.25, 0.3) is 0 Å². The van der Waals surface area contributed by atoms with Crippen molar-refractivity contribution in [3.8, 4) is 0 Å². The summed E-state index contributed by atoms with van der Waals surface area (Å²) >= 11 is 6.06. The average Bonchev–Trinajstić information content (AvgIpc) is 2.83. The quantitative estimate of drug-likeness (QED) is 0.441. The Hall–Kier alpha value is -3.11. The monoisotopic (exact) mass is 462 g/mol. The van der Waals surface area contributed by atoms with Crippen LogP contribution in [-0.2, 0) is 29.0 Å². The van der Waals surface area contributed by atoms with Gasteiger partial charge < -0.3 is 10.2 Å². The Labute approximate surface area is 201 Å². The molecule has 0 aromatic heterocycles. The Balaban J connectivity index is 1.93. The van der Waals surface area contributed by atoms with E-state index in [2.05, 4.69) is 5.32 Å². The molecule has 5 heteroatoms. The molecule has 3 aromatic rings. The number of carbonyl (C=O) groups excluding carboxylic acids is 2. The van der Waals surface area contributed by atoms with Crippen LogP contribution >= 0.6 is 11.6 Å². The van der Waals surface area contributed by atoms with Crippen LogP contribution in [0, 0.1) is 6.92 Å². The molecular formula is C28H31ClN2O2. The topological polar surface area (TPSA) is 49.4 Å². The lowest BCUT2D eigenvalue weighted by molar-refractivity contribution is -0.140. The van der Waals surface area contributed by atoms with Crippen molar-refractivity contribution in [3.05, 3.63) is 106 Å². The van der Waals surface area contributed by atoms with Crippen molar-refractivity contribution in [1.29, 1.82) is 0 Å². The molecule has 1 atom stereocenters. The minimum atomic E-state index is -0.618. The number of halogens is 1. The first-order valence-corrected chi connectivity index (χ1v) is 11.7. The van der Waals surface area contributed by atoms with E-state index in [9.17, 15) is 9.59 Å². The molecule has 0 saturated carbocycles. The summed E-state index contributed by atoms with van der Waals surface area (Å²) in [5.74, 6) is -0.215. The molecule has 0 fully saturated rings. The largest absolute Gasteiger partial charge is 0.354 e. The third kappa shape index (κ3) is 7.47. The first kappa shape index (κ1) is 24.5. The zero-order chi connectivity index (χ0) is 23.6. The summed E-state index contributed by atoms with van der Waals surface area (Å²) in [6.45, 7) is 4.94. The van der Waals surface area contributed by atoms with Crippen LogP contribution in [0.2, 0.25) is 5.02 Å². The molecule has 0 spiro atoms. The number of benzene rings is 3. The van der Waals surface area contributed by atoms with E-state index in [1.165, 1.54) is 0 Å². The second-order valence-electron chi connectivity index (χ2n) is 8.31. The molecule has 2 amide bonds. The molecule has 4 nitrogen and oxygen atoms in total. The second kappa shape index (κ2) is 12.2. The molecule has 172 valence electrons. The first-order chi connectivity index (χ1) is 16.0. The van der Waals surface area contributed by atoms with Crippen LogP contribution in [0.3, 0.4) is 0 Å². The molecule has 0 aliphatic rings. The van der Waals surface area contributed by atoms with E-state index in [0.29, 0.717) is 24.5 Å². The van der Waals surface area contributed by atoms with E-state index in [-0.39, 0.29) is 18.2 Å². The average molecular weight is 463 g/mol. The maximum Gasteiger partial charge on any atom is 0.243 e. The molecule has 33 heavy (non-hydrogen) atoms. The molecule has 0 aliphatic heterocycles. The number of aryl methyl sites for hydroxylation is 1. The highest BCUT2D eigenvalue weighted by Crippen LogP contribution is 2.18. The zero-order valence-electron chi connectivity index (χ0n) is 19.3. The van der Waals surface area contributed by atoms with E-state index in [0.717, 1.165) is 28.7 Å². The molecule has 0 saturated heterocycles. The summed E-state index contributed by atoms with van der Waals surface area (Å²) in [6, 6.07) is 24.6. The fraction of sp³-hybridized carbons (Fsp3) is 0.286. The van der Waals surface area contributed by atoms with Gasteiger partial charge in [-0.15, -0.1) is 0 Å². The molecular weight excluding hydrogens is 432 g/mol. The number of rotatable bonds is 10. The van der Waals surface area contributed by atoms with Crippen LogP contribution in [0.4, 0.5) is 0 Å². The number of amides is 2. The molecule has 0 unspecified atom stereocenters. The summed E-state index contributed by atoms with van der Waals surface area (Å²) in [4.78, 5) is 28.6. The van der Waals surface area contributed by atoms with Gasteiger partial charge in [0.05, 0.1) is 6.42 Å². The van der Waals surface area contributed by atoms with Crippen LogP contribution in [0.15, 0.2) is 78.9 Å².